The number of halogens is 1. The first kappa shape index (κ1) is 11.8. The fourth-order valence-corrected chi connectivity index (χ4v) is 1.80. The lowest BCUT2D eigenvalue weighted by atomic mass is 9.89. The quantitative estimate of drug-likeness (QED) is 0.590. The van der Waals surface area contributed by atoms with Crippen molar-refractivity contribution >= 4 is 23.4 Å². The molecule has 1 aromatic heterocycles. The summed E-state index contributed by atoms with van der Waals surface area (Å²) in [4.78, 5) is 0. The summed E-state index contributed by atoms with van der Waals surface area (Å²) in [5, 5.41) is 8.99. The van der Waals surface area contributed by atoms with E-state index in [-0.39, 0.29) is 5.41 Å². The molecule has 0 aliphatic rings. The van der Waals surface area contributed by atoms with E-state index in [0.29, 0.717) is 5.88 Å². The highest BCUT2D eigenvalue weighted by molar-refractivity contribution is 7.99. The lowest BCUT2D eigenvalue weighted by Gasteiger charge is -2.18. The molecule has 0 aliphatic carbocycles. The maximum absolute atomic E-state index is 5.61. The van der Waals surface area contributed by atoms with Crippen LogP contribution in [-0.2, 0) is 5.41 Å². The molecule has 0 spiro atoms. The maximum Gasteiger partial charge on any atom is 0.119 e. The molecule has 0 N–H and O–H groups in total. The standard InChI is InChI=1S/C10H15ClN2S/c1-10(2,3)8-6-9(13-12-7-8)14-5-4-11/h6-7H,4-5H2,1-3H3. The minimum atomic E-state index is 0.131. The van der Waals surface area contributed by atoms with Crippen molar-refractivity contribution in [1.29, 1.82) is 0 Å². The van der Waals surface area contributed by atoms with E-state index in [1.54, 1.807) is 11.8 Å². The molecular formula is C10H15ClN2S. The van der Waals surface area contributed by atoms with Crippen LogP contribution in [0.2, 0.25) is 0 Å². The second kappa shape index (κ2) is 4.99. The molecule has 78 valence electrons. The first-order valence-corrected chi connectivity index (χ1v) is 6.08. The van der Waals surface area contributed by atoms with Crippen LogP contribution in [0.5, 0.6) is 0 Å². The van der Waals surface area contributed by atoms with Crippen molar-refractivity contribution in [3.05, 3.63) is 17.8 Å². The van der Waals surface area contributed by atoms with Crippen LogP contribution in [0, 0.1) is 0 Å². The van der Waals surface area contributed by atoms with Crippen LogP contribution in [0.15, 0.2) is 17.3 Å². The van der Waals surface area contributed by atoms with Gasteiger partial charge in [-0.25, -0.2) is 0 Å². The molecule has 2 nitrogen and oxygen atoms in total. The molecule has 0 saturated carbocycles. The molecule has 14 heavy (non-hydrogen) atoms. The number of alkyl halides is 1. The third-order valence-corrected chi connectivity index (χ3v) is 3.14. The molecule has 1 rings (SSSR count). The average Bonchev–Trinajstić information content (AvgIpc) is 2.14. The summed E-state index contributed by atoms with van der Waals surface area (Å²) < 4.78 is 0. The zero-order chi connectivity index (χ0) is 10.6. The van der Waals surface area contributed by atoms with Gasteiger partial charge in [0.1, 0.15) is 5.03 Å². The van der Waals surface area contributed by atoms with Crippen LogP contribution in [-0.4, -0.2) is 21.8 Å². The van der Waals surface area contributed by atoms with E-state index < -0.39 is 0 Å². The molecule has 0 saturated heterocycles. The third kappa shape index (κ3) is 3.46. The molecule has 0 aliphatic heterocycles. The first-order valence-electron chi connectivity index (χ1n) is 4.56. The fourth-order valence-electron chi connectivity index (χ4n) is 0.971. The fraction of sp³-hybridized carbons (Fsp3) is 0.600. The van der Waals surface area contributed by atoms with Crippen LogP contribution in [0.1, 0.15) is 26.3 Å². The Kier molecular flexibility index (Phi) is 4.20. The molecule has 0 fully saturated rings. The predicted molar refractivity (Wildman–Crippen MR) is 62.2 cm³/mol. The minimum absolute atomic E-state index is 0.131. The van der Waals surface area contributed by atoms with Crippen LogP contribution in [0.25, 0.3) is 0 Å². The van der Waals surface area contributed by atoms with E-state index in [9.17, 15) is 0 Å². The van der Waals surface area contributed by atoms with Crippen LogP contribution in [0.3, 0.4) is 0 Å². The summed E-state index contributed by atoms with van der Waals surface area (Å²) in [5.74, 6) is 1.52. The molecule has 1 aromatic rings. The van der Waals surface area contributed by atoms with E-state index in [2.05, 4.69) is 37.0 Å². The Labute approximate surface area is 94.5 Å². The molecular weight excluding hydrogens is 216 g/mol. The zero-order valence-corrected chi connectivity index (χ0v) is 10.3. The highest BCUT2D eigenvalue weighted by atomic mass is 35.5. The van der Waals surface area contributed by atoms with Gasteiger partial charge in [0.2, 0.25) is 0 Å². The molecule has 1 heterocycles. The van der Waals surface area contributed by atoms with Gasteiger partial charge in [-0.15, -0.1) is 28.5 Å². The lowest BCUT2D eigenvalue weighted by molar-refractivity contribution is 0.580. The molecule has 0 aromatic carbocycles. The van der Waals surface area contributed by atoms with Gasteiger partial charge in [0.15, 0.2) is 0 Å². The second-order valence-corrected chi connectivity index (χ2v) is 5.56. The Bertz CT molecular complexity index is 296. The highest BCUT2D eigenvalue weighted by Crippen LogP contribution is 2.24. The Morgan fingerprint density at radius 2 is 2.14 bits per heavy atom. The number of rotatable bonds is 3. The molecule has 0 radical (unpaired) electrons. The highest BCUT2D eigenvalue weighted by Gasteiger charge is 2.14. The summed E-state index contributed by atoms with van der Waals surface area (Å²) in [7, 11) is 0. The van der Waals surface area contributed by atoms with Gasteiger partial charge in [-0.2, -0.15) is 5.10 Å². The number of aromatic nitrogens is 2. The maximum atomic E-state index is 5.61. The van der Waals surface area contributed by atoms with E-state index in [4.69, 9.17) is 11.6 Å². The van der Waals surface area contributed by atoms with Gasteiger partial charge < -0.3 is 0 Å². The molecule has 0 bridgehead atoms. The number of nitrogens with zero attached hydrogens (tertiary/aromatic N) is 2. The normalized spacial score (nSPS) is 11.7. The molecule has 0 atom stereocenters. The Morgan fingerprint density at radius 1 is 1.43 bits per heavy atom. The SMILES string of the molecule is CC(C)(C)c1cnnc(SCCCl)c1. The monoisotopic (exact) mass is 230 g/mol. The van der Waals surface area contributed by atoms with E-state index in [1.807, 2.05) is 6.20 Å². The van der Waals surface area contributed by atoms with Crippen LogP contribution in [0.4, 0.5) is 0 Å². The van der Waals surface area contributed by atoms with Gasteiger partial charge in [-0.05, 0) is 17.0 Å². The van der Waals surface area contributed by atoms with E-state index >= 15 is 0 Å². The van der Waals surface area contributed by atoms with Crippen LogP contribution >= 0.6 is 23.4 Å². The summed E-state index contributed by atoms with van der Waals surface area (Å²) in [6, 6.07) is 2.09. The van der Waals surface area contributed by atoms with E-state index in [0.717, 1.165) is 10.8 Å². The Balaban J connectivity index is 2.79. The van der Waals surface area contributed by atoms with Gasteiger partial charge in [0, 0.05) is 11.6 Å². The van der Waals surface area contributed by atoms with Crippen LogP contribution < -0.4 is 0 Å². The van der Waals surface area contributed by atoms with Gasteiger partial charge in [-0.3, -0.25) is 0 Å². The Morgan fingerprint density at radius 3 is 2.71 bits per heavy atom. The predicted octanol–water partition coefficient (Wildman–Crippen LogP) is 3.11. The van der Waals surface area contributed by atoms with Crippen molar-refractivity contribution in [3.63, 3.8) is 0 Å². The van der Waals surface area contributed by atoms with Gasteiger partial charge in [0.25, 0.3) is 0 Å². The average molecular weight is 231 g/mol. The van der Waals surface area contributed by atoms with Crippen molar-refractivity contribution in [3.8, 4) is 0 Å². The lowest BCUT2D eigenvalue weighted by Crippen LogP contribution is -2.12. The summed E-state index contributed by atoms with van der Waals surface area (Å²) in [5.41, 5.74) is 1.34. The van der Waals surface area contributed by atoms with Gasteiger partial charge >= 0.3 is 0 Å². The molecule has 4 heteroatoms. The third-order valence-electron chi connectivity index (χ3n) is 1.83. The van der Waals surface area contributed by atoms with Gasteiger partial charge in [0.05, 0.1) is 6.20 Å². The smallest absolute Gasteiger partial charge is 0.119 e. The largest absolute Gasteiger partial charge is 0.158 e. The second-order valence-electron chi connectivity index (χ2n) is 4.07. The zero-order valence-electron chi connectivity index (χ0n) is 8.75. The number of hydrogen-bond acceptors (Lipinski definition) is 3. The summed E-state index contributed by atoms with van der Waals surface area (Å²) in [6.07, 6.45) is 1.82. The van der Waals surface area contributed by atoms with Crippen molar-refractivity contribution in [2.24, 2.45) is 0 Å². The van der Waals surface area contributed by atoms with Crippen molar-refractivity contribution in [1.82, 2.24) is 10.2 Å². The first-order chi connectivity index (χ1) is 6.54. The molecule has 0 amide bonds. The number of hydrogen-bond donors (Lipinski definition) is 0. The summed E-state index contributed by atoms with van der Waals surface area (Å²) in [6.45, 7) is 6.50. The van der Waals surface area contributed by atoms with Crippen molar-refractivity contribution < 1.29 is 0 Å². The summed E-state index contributed by atoms with van der Waals surface area (Å²) >= 11 is 7.26. The topological polar surface area (TPSA) is 25.8 Å². The van der Waals surface area contributed by atoms with Gasteiger partial charge in [-0.1, -0.05) is 20.8 Å². The van der Waals surface area contributed by atoms with Crippen molar-refractivity contribution in [2.45, 2.75) is 31.2 Å². The van der Waals surface area contributed by atoms with Crippen molar-refractivity contribution in [2.75, 3.05) is 11.6 Å². The Hall–Kier alpha value is -0.280. The minimum Gasteiger partial charge on any atom is -0.158 e. The molecule has 0 unspecified atom stereocenters. The van der Waals surface area contributed by atoms with E-state index in [1.165, 1.54) is 5.56 Å². The number of thioether (sulfide) groups is 1.